The van der Waals surface area contributed by atoms with Crippen molar-refractivity contribution in [3.8, 4) is 0 Å². The molecular weight excluding hydrogens is 268 g/mol. The maximum Gasteiger partial charge on any atom is 0.104 e. The van der Waals surface area contributed by atoms with Crippen LogP contribution in [0.3, 0.4) is 0 Å². The molecule has 1 heteroatoms. The van der Waals surface area contributed by atoms with Crippen LogP contribution in [-0.4, -0.2) is 7.11 Å². The Balaban J connectivity index is 1.93. The van der Waals surface area contributed by atoms with E-state index < -0.39 is 0 Å². The van der Waals surface area contributed by atoms with Gasteiger partial charge in [-0.25, -0.2) is 0 Å². The van der Waals surface area contributed by atoms with Gasteiger partial charge in [0.05, 0.1) is 7.11 Å². The van der Waals surface area contributed by atoms with Crippen molar-refractivity contribution in [1.82, 2.24) is 0 Å². The molecule has 0 radical (unpaired) electrons. The van der Waals surface area contributed by atoms with Crippen LogP contribution < -0.4 is 0 Å². The zero-order chi connectivity index (χ0) is 14.9. The van der Waals surface area contributed by atoms with E-state index in [1.807, 2.05) is 0 Å². The lowest BCUT2D eigenvalue weighted by Crippen LogP contribution is -2.10. The second-order valence-electron chi connectivity index (χ2n) is 5.97. The topological polar surface area (TPSA) is 9.23 Å². The van der Waals surface area contributed by atoms with Gasteiger partial charge in [-0.2, -0.15) is 0 Å². The summed E-state index contributed by atoms with van der Waals surface area (Å²) < 4.78 is 5.77. The van der Waals surface area contributed by atoms with Crippen molar-refractivity contribution in [1.29, 1.82) is 0 Å². The summed E-state index contributed by atoms with van der Waals surface area (Å²) in [7, 11) is 1.80. The monoisotopic (exact) mass is 288 g/mol. The number of benzene rings is 2. The Morgan fingerprint density at radius 1 is 0.773 bits per heavy atom. The van der Waals surface area contributed by atoms with Gasteiger partial charge in [0.25, 0.3) is 0 Å². The van der Waals surface area contributed by atoms with Gasteiger partial charge in [0.2, 0.25) is 0 Å². The lowest BCUT2D eigenvalue weighted by atomic mass is 9.79. The third-order valence-electron chi connectivity index (χ3n) is 4.77. The van der Waals surface area contributed by atoms with Crippen molar-refractivity contribution < 1.29 is 4.74 Å². The van der Waals surface area contributed by atoms with E-state index in [4.69, 9.17) is 4.74 Å². The lowest BCUT2D eigenvalue weighted by Gasteiger charge is -2.27. The number of hydrogen-bond donors (Lipinski definition) is 0. The van der Waals surface area contributed by atoms with E-state index in [1.165, 1.54) is 33.4 Å². The zero-order valence-corrected chi connectivity index (χ0v) is 12.9. The largest absolute Gasteiger partial charge is 0.500 e. The Morgan fingerprint density at radius 3 is 2.23 bits per heavy atom. The number of allylic oxidation sites excluding steroid dienone is 4. The fourth-order valence-corrected chi connectivity index (χ4v) is 3.72. The summed E-state index contributed by atoms with van der Waals surface area (Å²) in [4.78, 5) is 0. The minimum Gasteiger partial charge on any atom is -0.500 e. The fourth-order valence-electron chi connectivity index (χ4n) is 3.72. The summed E-state index contributed by atoms with van der Waals surface area (Å²) in [6.07, 6.45) is 6.69. The molecule has 0 saturated carbocycles. The average molecular weight is 288 g/mol. The summed E-state index contributed by atoms with van der Waals surface area (Å²) in [5.41, 5.74) is 8.25. The van der Waals surface area contributed by atoms with Crippen molar-refractivity contribution >= 4 is 11.1 Å². The molecule has 0 N–H and O–H groups in total. The molecule has 0 bridgehead atoms. The number of methoxy groups -OCH3 is 1. The summed E-state index contributed by atoms with van der Waals surface area (Å²) in [5.74, 6) is 1.13. The van der Waals surface area contributed by atoms with E-state index in [2.05, 4.69) is 54.6 Å². The Morgan fingerprint density at radius 2 is 1.45 bits per heavy atom. The third-order valence-corrected chi connectivity index (χ3v) is 4.77. The molecule has 0 aromatic heterocycles. The molecule has 0 fully saturated rings. The second kappa shape index (κ2) is 5.49. The Bertz CT molecular complexity index is 780. The summed E-state index contributed by atoms with van der Waals surface area (Å²) in [5, 5.41) is 0. The van der Waals surface area contributed by atoms with E-state index >= 15 is 0 Å². The van der Waals surface area contributed by atoms with Gasteiger partial charge in [0.15, 0.2) is 0 Å². The maximum atomic E-state index is 5.77. The molecule has 2 aliphatic rings. The number of rotatable bonds is 2. The van der Waals surface area contributed by atoms with Crippen LogP contribution in [0.2, 0.25) is 0 Å². The molecule has 110 valence electrons. The lowest BCUT2D eigenvalue weighted by molar-refractivity contribution is 0.278. The number of aryl methyl sites for hydroxylation is 2. The smallest absolute Gasteiger partial charge is 0.104 e. The molecule has 2 aromatic carbocycles. The van der Waals surface area contributed by atoms with Gasteiger partial charge in [0.1, 0.15) is 5.76 Å². The average Bonchev–Trinajstić information content (AvgIpc) is 2.60. The highest BCUT2D eigenvalue weighted by molar-refractivity contribution is 6.07. The quantitative estimate of drug-likeness (QED) is 0.754. The van der Waals surface area contributed by atoms with Crippen LogP contribution in [0.25, 0.3) is 11.1 Å². The van der Waals surface area contributed by atoms with Gasteiger partial charge in [-0.3, -0.25) is 0 Å². The normalized spacial score (nSPS) is 16.7. The molecule has 0 amide bonds. The molecule has 2 aromatic rings. The first-order chi connectivity index (χ1) is 10.9. The van der Waals surface area contributed by atoms with E-state index in [0.29, 0.717) is 0 Å². The maximum absolute atomic E-state index is 5.77. The molecule has 0 atom stereocenters. The molecule has 2 aliphatic carbocycles. The highest BCUT2D eigenvalue weighted by Gasteiger charge is 2.25. The predicted molar refractivity (Wildman–Crippen MR) is 91.4 cm³/mol. The van der Waals surface area contributed by atoms with E-state index in [0.717, 1.165) is 31.4 Å². The van der Waals surface area contributed by atoms with Gasteiger partial charge in [-0.15, -0.1) is 0 Å². The molecule has 0 saturated heterocycles. The summed E-state index contributed by atoms with van der Waals surface area (Å²) in [6, 6.07) is 17.5. The molecule has 0 aliphatic heterocycles. The van der Waals surface area contributed by atoms with E-state index in [-0.39, 0.29) is 0 Å². The van der Waals surface area contributed by atoms with Gasteiger partial charge >= 0.3 is 0 Å². The van der Waals surface area contributed by atoms with Crippen molar-refractivity contribution in [3.05, 3.63) is 82.6 Å². The van der Waals surface area contributed by atoms with Crippen LogP contribution in [0.1, 0.15) is 35.1 Å². The Kier molecular flexibility index (Phi) is 3.34. The number of hydrogen-bond acceptors (Lipinski definition) is 1. The van der Waals surface area contributed by atoms with E-state index in [9.17, 15) is 0 Å². The van der Waals surface area contributed by atoms with Gasteiger partial charge in [-0.05, 0) is 47.1 Å². The standard InChI is InChI=1S/C21H20O/c1-22-20-14-13-16-8-3-5-11-18(16)21(20)19-12-6-9-15-7-2-4-10-17(15)19/h2-5,7-8,10-12H,6,9,13-14H2,1H3. The number of fused-ring (bicyclic) bond motifs is 2. The molecule has 4 rings (SSSR count). The first-order valence-electron chi connectivity index (χ1n) is 8.02. The fraction of sp³-hybridized carbons (Fsp3) is 0.238. The predicted octanol–water partition coefficient (Wildman–Crippen LogP) is 5.02. The second-order valence-corrected chi connectivity index (χ2v) is 5.97. The third kappa shape index (κ3) is 2.09. The van der Waals surface area contributed by atoms with Crippen molar-refractivity contribution in [2.45, 2.75) is 25.7 Å². The van der Waals surface area contributed by atoms with Crippen LogP contribution in [0.4, 0.5) is 0 Å². The molecule has 0 unspecified atom stereocenters. The minimum absolute atomic E-state index is 0.988. The van der Waals surface area contributed by atoms with E-state index in [1.54, 1.807) is 7.11 Å². The van der Waals surface area contributed by atoms with Crippen LogP contribution >= 0.6 is 0 Å². The van der Waals surface area contributed by atoms with Gasteiger partial charge in [-0.1, -0.05) is 54.6 Å². The summed E-state index contributed by atoms with van der Waals surface area (Å²) in [6.45, 7) is 0. The highest BCUT2D eigenvalue weighted by Crippen LogP contribution is 2.43. The zero-order valence-electron chi connectivity index (χ0n) is 12.9. The molecule has 0 heterocycles. The minimum atomic E-state index is 0.988. The van der Waals surface area contributed by atoms with Crippen LogP contribution in [0, 0.1) is 0 Å². The van der Waals surface area contributed by atoms with Crippen LogP contribution in [-0.2, 0) is 17.6 Å². The van der Waals surface area contributed by atoms with Crippen molar-refractivity contribution in [2.24, 2.45) is 0 Å². The Labute approximate surface area is 131 Å². The first-order valence-corrected chi connectivity index (χ1v) is 8.02. The van der Waals surface area contributed by atoms with Gasteiger partial charge < -0.3 is 4.74 Å². The number of ether oxygens (including phenoxy) is 1. The molecular formula is C21H20O. The molecule has 0 spiro atoms. The highest BCUT2D eigenvalue weighted by atomic mass is 16.5. The molecule has 22 heavy (non-hydrogen) atoms. The summed E-state index contributed by atoms with van der Waals surface area (Å²) >= 11 is 0. The first kappa shape index (κ1) is 13.4. The van der Waals surface area contributed by atoms with Crippen LogP contribution in [0.15, 0.2) is 60.4 Å². The Hall–Kier alpha value is -2.28. The SMILES string of the molecule is COC1=C(C2=CCCc3ccccc32)c2ccccc2CC1. The van der Waals surface area contributed by atoms with Gasteiger partial charge in [0, 0.05) is 12.0 Å². The van der Waals surface area contributed by atoms with Crippen LogP contribution in [0.5, 0.6) is 0 Å². The van der Waals surface area contributed by atoms with Crippen molar-refractivity contribution in [3.63, 3.8) is 0 Å². The molecule has 1 nitrogen and oxygen atoms in total. The van der Waals surface area contributed by atoms with Crippen molar-refractivity contribution in [2.75, 3.05) is 7.11 Å².